The molecule has 0 atom stereocenters. The lowest BCUT2D eigenvalue weighted by Crippen LogP contribution is -2.02. The van der Waals surface area contributed by atoms with Gasteiger partial charge < -0.3 is 5.11 Å². The molecule has 1 N–H and O–H groups in total. The third-order valence-electron chi connectivity index (χ3n) is 3.11. The van der Waals surface area contributed by atoms with Gasteiger partial charge in [-0.1, -0.05) is 23.9 Å². The Kier molecular flexibility index (Phi) is 3.42. The Balaban J connectivity index is 2.20. The van der Waals surface area contributed by atoms with Gasteiger partial charge >= 0.3 is 5.97 Å². The smallest absolute Gasteiger partial charge is 0.313 e. The Labute approximate surface area is 125 Å². The van der Waals surface area contributed by atoms with Gasteiger partial charge in [-0.15, -0.1) is 0 Å². The van der Waals surface area contributed by atoms with Crippen molar-refractivity contribution in [3.63, 3.8) is 0 Å². The van der Waals surface area contributed by atoms with Crippen LogP contribution >= 0.6 is 11.8 Å². The molecule has 0 saturated heterocycles. The van der Waals surface area contributed by atoms with Gasteiger partial charge in [-0.2, -0.15) is 5.10 Å². The van der Waals surface area contributed by atoms with E-state index in [0.717, 1.165) is 22.4 Å². The van der Waals surface area contributed by atoms with E-state index in [1.54, 1.807) is 4.68 Å². The number of para-hydroxylation sites is 1. The molecule has 2 aromatic heterocycles. The Bertz CT molecular complexity index is 822. The fourth-order valence-electron chi connectivity index (χ4n) is 2.18. The average Bonchev–Trinajstić information content (AvgIpc) is 3.00. The summed E-state index contributed by atoms with van der Waals surface area (Å²) >= 11 is 1.20. The van der Waals surface area contributed by atoms with E-state index in [1.807, 2.05) is 49.0 Å². The molecule has 21 heavy (non-hydrogen) atoms. The van der Waals surface area contributed by atoms with E-state index in [1.165, 1.54) is 11.8 Å². The summed E-state index contributed by atoms with van der Waals surface area (Å²) in [5, 5.41) is 13.9. The number of hydrogen-bond acceptors (Lipinski definition) is 4. The third kappa shape index (κ3) is 2.52. The summed E-state index contributed by atoms with van der Waals surface area (Å²) < 4.78 is 3.61. The monoisotopic (exact) mass is 302 g/mol. The van der Waals surface area contributed by atoms with Gasteiger partial charge in [0.1, 0.15) is 0 Å². The third-order valence-corrected chi connectivity index (χ3v) is 4.03. The minimum absolute atomic E-state index is 0.0325. The first-order valence-corrected chi connectivity index (χ1v) is 7.37. The average molecular weight is 302 g/mol. The molecule has 1 aromatic carbocycles. The Hall–Kier alpha value is -2.28. The number of benzene rings is 1. The summed E-state index contributed by atoms with van der Waals surface area (Å²) in [5.74, 6) is -0.162. The molecule has 0 unspecified atom stereocenters. The SMILES string of the molecule is Cc1cccc2c1nc(SCC(=O)O)n2-c1ccn(C)n1. The Morgan fingerprint density at radius 1 is 1.38 bits per heavy atom. The zero-order chi connectivity index (χ0) is 15.0. The summed E-state index contributed by atoms with van der Waals surface area (Å²) in [6.07, 6.45) is 1.85. The number of carboxylic acids is 1. The van der Waals surface area contributed by atoms with Gasteiger partial charge in [0.05, 0.1) is 16.8 Å². The fraction of sp³-hybridized carbons (Fsp3) is 0.214. The second kappa shape index (κ2) is 5.25. The maximum absolute atomic E-state index is 10.8. The zero-order valence-electron chi connectivity index (χ0n) is 11.6. The van der Waals surface area contributed by atoms with Crippen LogP contribution in [-0.2, 0) is 11.8 Å². The van der Waals surface area contributed by atoms with E-state index in [4.69, 9.17) is 5.11 Å². The predicted molar refractivity (Wildman–Crippen MR) is 80.9 cm³/mol. The molecule has 0 radical (unpaired) electrons. The lowest BCUT2D eigenvalue weighted by atomic mass is 10.2. The Morgan fingerprint density at radius 3 is 2.86 bits per heavy atom. The van der Waals surface area contributed by atoms with Crippen molar-refractivity contribution in [2.24, 2.45) is 7.05 Å². The molecule has 108 valence electrons. The van der Waals surface area contributed by atoms with E-state index in [0.29, 0.717) is 5.16 Å². The number of hydrogen-bond donors (Lipinski definition) is 1. The van der Waals surface area contributed by atoms with Gasteiger partial charge in [0.2, 0.25) is 0 Å². The van der Waals surface area contributed by atoms with Crippen LogP contribution in [-0.4, -0.2) is 36.2 Å². The maximum Gasteiger partial charge on any atom is 0.313 e. The van der Waals surface area contributed by atoms with Crippen LogP contribution in [0.3, 0.4) is 0 Å². The van der Waals surface area contributed by atoms with E-state index < -0.39 is 5.97 Å². The summed E-state index contributed by atoms with van der Waals surface area (Å²) in [6.45, 7) is 1.99. The van der Waals surface area contributed by atoms with Crippen LogP contribution < -0.4 is 0 Å². The molecular formula is C14H14N4O2S. The molecular weight excluding hydrogens is 288 g/mol. The van der Waals surface area contributed by atoms with Crippen molar-refractivity contribution >= 4 is 28.8 Å². The number of aromatic nitrogens is 4. The van der Waals surface area contributed by atoms with Crippen LogP contribution in [0.5, 0.6) is 0 Å². The number of fused-ring (bicyclic) bond motifs is 1. The van der Waals surface area contributed by atoms with Gasteiger partial charge in [-0.25, -0.2) is 4.98 Å². The first-order chi connectivity index (χ1) is 10.1. The molecule has 2 heterocycles. The number of nitrogens with zero attached hydrogens (tertiary/aromatic N) is 4. The molecule has 7 heteroatoms. The molecule has 0 aliphatic rings. The first kappa shape index (κ1) is 13.7. The van der Waals surface area contributed by atoms with Crippen LogP contribution in [0.25, 0.3) is 16.9 Å². The van der Waals surface area contributed by atoms with Crippen molar-refractivity contribution in [1.82, 2.24) is 19.3 Å². The highest BCUT2D eigenvalue weighted by molar-refractivity contribution is 7.99. The molecule has 6 nitrogen and oxygen atoms in total. The van der Waals surface area contributed by atoms with Gasteiger partial charge in [-0.05, 0) is 18.6 Å². The second-order valence-electron chi connectivity index (χ2n) is 4.70. The number of aliphatic carboxylic acids is 1. The molecule has 0 spiro atoms. The van der Waals surface area contributed by atoms with E-state index in [2.05, 4.69) is 10.1 Å². The first-order valence-electron chi connectivity index (χ1n) is 6.39. The molecule has 3 aromatic rings. The highest BCUT2D eigenvalue weighted by Gasteiger charge is 2.16. The number of carboxylic acid groups (broad SMARTS) is 1. The predicted octanol–water partition coefficient (Wildman–Crippen LogP) is 2.24. The molecule has 0 aliphatic heterocycles. The lowest BCUT2D eigenvalue weighted by molar-refractivity contribution is -0.133. The summed E-state index contributed by atoms with van der Waals surface area (Å²) in [6, 6.07) is 7.80. The van der Waals surface area contributed by atoms with Crippen LogP contribution in [0.2, 0.25) is 0 Å². The van der Waals surface area contributed by atoms with Gasteiger partial charge in [0.15, 0.2) is 11.0 Å². The van der Waals surface area contributed by atoms with Gasteiger partial charge in [0.25, 0.3) is 0 Å². The number of imidazole rings is 1. The summed E-state index contributed by atoms with van der Waals surface area (Å²) in [7, 11) is 1.85. The van der Waals surface area contributed by atoms with Crippen molar-refractivity contribution in [3.8, 4) is 5.82 Å². The molecule has 0 amide bonds. The van der Waals surface area contributed by atoms with Crippen LogP contribution in [0.1, 0.15) is 5.56 Å². The van der Waals surface area contributed by atoms with Gasteiger partial charge in [-0.3, -0.25) is 14.0 Å². The zero-order valence-corrected chi connectivity index (χ0v) is 12.5. The van der Waals surface area contributed by atoms with Crippen molar-refractivity contribution in [1.29, 1.82) is 0 Å². The quantitative estimate of drug-likeness (QED) is 0.748. The normalized spacial score (nSPS) is 11.1. The van der Waals surface area contributed by atoms with E-state index in [-0.39, 0.29) is 5.75 Å². The molecule has 0 saturated carbocycles. The molecule has 0 fully saturated rings. The highest BCUT2D eigenvalue weighted by Crippen LogP contribution is 2.28. The number of rotatable bonds is 4. The summed E-state index contributed by atoms with van der Waals surface area (Å²) in [5.41, 5.74) is 2.86. The highest BCUT2D eigenvalue weighted by atomic mass is 32.2. The van der Waals surface area contributed by atoms with Crippen molar-refractivity contribution in [3.05, 3.63) is 36.0 Å². The molecule has 3 rings (SSSR count). The van der Waals surface area contributed by atoms with E-state index in [9.17, 15) is 4.79 Å². The lowest BCUT2D eigenvalue weighted by Gasteiger charge is -2.04. The number of carbonyl (C=O) groups is 1. The summed E-state index contributed by atoms with van der Waals surface area (Å²) in [4.78, 5) is 15.4. The van der Waals surface area contributed by atoms with Crippen molar-refractivity contribution < 1.29 is 9.90 Å². The van der Waals surface area contributed by atoms with Gasteiger partial charge in [0, 0.05) is 19.3 Å². The molecule has 0 aliphatic carbocycles. The fourth-order valence-corrected chi connectivity index (χ4v) is 2.91. The van der Waals surface area contributed by atoms with Crippen molar-refractivity contribution in [2.45, 2.75) is 12.1 Å². The minimum Gasteiger partial charge on any atom is -0.481 e. The van der Waals surface area contributed by atoms with Crippen LogP contribution in [0.15, 0.2) is 35.6 Å². The largest absolute Gasteiger partial charge is 0.481 e. The van der Waals surface area contributed by atoms with Crippen LogP contribution in [0.4, 0.5) is 0 Å². The topological polar surface area (TPSA) is 72.9 Å². The number of thioether (sulfide) groups is 1. The number of aryl methyl sites for hydroxylation is 2. The van der Waals surface area contributed by atoms with Crippen LogP contribution in [0, 0.1) is 6.92 Å². The Morgan fingerprint density at radius 2 is 2.19 bits per heavy atom. The van der Waals surface area contributed by atoms with Crippen molar-refractivity contribution in [2.75, 3.05) is 5.75 Å². The second-order valence-corrected chi connectivity index (χ2v) is 5.64. The maximum atomic E-state index is 10.8. The van der Waals surface area contributed by atoms with E-state index >= 15 is 0 Å². The minimum atomic E-state index is -0.864. The molecule has 0 bridgehead atoms. The standard InChI is InChI=1S/C14H14N4O2S/c1-9-4-3-5-10-13(9)15-14(21-8-12(19)20)18(10)11-6-7-17(2)16-11/h3-7H,8H2,1-2H3,(H,19,20).